The summed E-state index contributed by atoms with van der Waals surface area (Å²) < 4.78 is 53.1. The Balaban J connectivity index is 2.81. The van der Waals surface area contributed by atoms with Crippen LogP contribution in [0.1, 0.15) is 5.56 Å². The number of ether oxygens (including phenoxy) is 1. The summed E-state index contributed by atoms with van der Waals surface area (Å²) in [5.41, 5.74) is 0.410. The maximum Gasteiger partial charge on any atom is 0.461 e. The van der Waals surface area contributed by atoms with E-state index in [1.54, 1.807) is 13.1 Å². The molecule has 0 aliphatic rings. The van der Waals surface area contributed by atoms with Crippen molar-refractivity contribution in [2.24, 2.45) is 0 Å². The van der Waals surface area contributed by atoms with Crippen LogP contribution >= 0.6 is 0 Å². The third kappa shape index (κ3) is 4.26. The highest BCUT2D eigenvalue weighted by atomic mass is 19.3. The smallest absolute Gasteiger partial charge is 0.428 e. The second-order valence-electron chi connectivity index (χ2n) is 3.32. The Morgan fingerprint density at radius 3 is 2.72 bits per heavy atom. The Bertz CT molecular complexity index is 451. The summed E-state index contributed by atoms with van der Waals surface area (Å²) in [6.45, 7) is 0.429. The van der Waals surface area contributed by atoms with Crippen LogP contribution in [0, 0.1) is 11.8 Å². The second kappa shape index (κ2) is 6.26. The number of alkyl halides is 4. The lowest BCUT2D eigenvalue weighted by Crippen LogP contribution is -2.33. The molecule has 0 aliphatic heterocycles. The van der Waals surface area contributed by atoms with Crippen LogP contribution in [0.2, 0.25) is 0 Å². The van der Waals surface area contributed by atoms with Crippen molar-refractivity contribution in [2.75, 3.05) is 13.6 Å². The van der Waals surface area contributed by atoms with Gasteiger partial charge < -0.3 is 10.1 Å². The first-order valence-corrected chi connectivity index (χ1v) is 5.04. The molecule has 0 bridgehead atoms. The van der Waals surface area contributed by atoms with Gasteiger partial charge in [-0.15, -0.1) is 0 Å². The summed E-state index contributed by atoms with van der Waals surface area (Å²) in [5.74, 6) is 5.04. The topological polar surface area (TPSA) is 21.3 Å². The van der Waals surface area contributed by atoms with Crippen LogP contribution in [0.15, 0.2) is 24.3 Å². The molecule has 1 aromatic carbocycles. The van der Waals surface area contributed by atoms with E-state index in [1.165, 1.54) is 18.2 Å². The normalized spacial score (nSPS) is 11.0. The molecule has 1 aromatic rings. The Kier molecular flexibility index (Phi) is 4.98. The Hall–Kier alpha value is -1.74. The van der Waals surface area contributed by atoms with Gasteiger partial charge in [0, 0.05) is 5.56 Å². The van der Waals surface area contributed by atoms with E-state index in [2.05, 4.69) is 21.9 Å². The first-order chi connectivity index (χ1) is 8.45. The quantitative estimate of drug-likeness (QED) is 0.664. The van der Waals surface area contributed by atoms with Gasteiger partial charge in [0.15, 0.2) is 0 Å². The third-order valence-electron chi connectivity index (χ3n) is 1.84. The standard InChI is InChI=1S/C12H11F4NO/c1-17-7-3-5-9-4-2-6-10(8-9)18-12(15,16)11(13)14/h2,4,6,8,11,17H,7H2,1H3. The largest absolute Gasteiger partial charge is 0.461 e. The predicted molar refractivity (Wildman–Crippen MR) is 58.8 cm³/mol. The van der Waals surface area contributed by atoms with Crippen molar-refractivity contribution < 1.29 is 22.3 Å². The molecule has 1 rings (SSSR count). The lowest BCUT2D eigenvalue weighted by molar-refractivity contribution is -0.253. The molecule has 0 spiro atoms. The van der Waals surface area contributed by atoms with E-state index in [-0.39, 0.29) is 5.75 Å². The minimum Gasteiger partial charge on any atom is -0.428 e. The summed E-state index contributed by atoms with van der Waals surface area (Å²) >= 11 is 0. The van der Waals surface area contributed by atoms with Crippen molar-refractivity contribution in [1.82, 2.24) is 5.32 Å². The van der Waals surface area contributed by atoms with E-state index in [4.69, 9.17) is 0 Å². The molecular formula is C12H11F4NO. The first kappa shape index (κ1) is 14.3. The van der Waals surface area contributed by atoms with E-state index < -0.39 is 12.5 Å². The molecule has 0 saturated heterocycles. The van der Waals surface area contributed by atoms with Crippen molar-refractivity contribution in [3.63, 3.8) is 0 Å². The molecule has 0 aliphatic carbocycles. The Morgan fingerprint density at radius 1 is 1.39 bits per heavy atom. The lowest BCUT2D eigenvalue weighted by atomic mass is 10.2. The number of hydrogen-bond donors (Lipinski definition) is 1. The van der Waals surface area contributed by atoms with Gasteiger partial charge >= 0.3 is 12.5 Å². The molecule has 0 saturated carbocycles. The molecule has 0 heterocycles. The molecule has 0 atom stereocenters. The third-order valence-corrected chi connectivity index (χ3v) is 1.84. The fourth-order valence-corrected chi connectivity index (χ4v) is 1.07. The van der Waals surface area contributed by atoms with Gasteiger partial charge in [0.2, 0.25) is 0 Å². The predicted octanol–water partition coefficient (Wildman–Crippen LogP) is 2.49. The van der Waals surface area contributed by atoms with Crippen LogP contribution in [-0.2, 0) is 0 Å². The van der Waals surface area contributed by atoms with E-state index >= 15 is 0 Å². The number of hydrogen-bond acceptors (Lipinski definition) is 2. The monoisotopic (exact) mass is 261 g/mol. The van der Waals surface area contributed by atoms with Crippen LogP contribution in [0.3, 0.4) is 0 Å². The van der Waals surface area contributed by atoms with Crippen molar-refractivity contribution in [2.45, 2.75) is 12.5 Å². The molecule has 18 heavy (non-hydrogen) atoms. The van der Waals surface area contributed by atoms with Gasteiger partial charge in [0.1, 0.15) is 5.75 Å². The Morgan fingerprint density at radius 2 is 2.11 bits per heavy atom. The highest BCUT2D eigenvalue weighted by Crippen LogP contribution is 2.27. The number of rotatable bonds is 4. The molecule has 98 valence electrons. The van der Waals surface area contributed by atoms with Crippen molar-refractivity contribution in [1.29, 1.82) is 0 Å². The van der Waals surface area contributed by atoms with Crippen molar-refractivity contribution in [3.8, 4) is 17.6 Å². The summed E-state index contributed by atoms with van der Waals surface area (Å²) in [6, 6.07) is 5.31. The first-order valence-electron chi connectivity index (χ1n) is 5.04. The molecule has 0 fully saturated rings. The lowest BCUT2D eigenvalue weighted by Gasteiger charge is -2.16. The number of nitrogens with one attached hydrogen (secondary N) is 1. The fraction of sp³-hybridized carbons (Fsp3) is 0.333. The number of benzene rings is 1. The zero-order chi connectivity index (χ0) is 13.6. The fourth-order valence-electron chi connectivity index (χ4n) is 1.07. The minimum atomic E-state index is -4.50. The van der Waals surface area contributed by atoms with Gasteiger partial charge in [-0.25, -0.2) is 0 Å². The summed E-state index contributed by atoms with van der Waals surface area (Å²) in [4.78, 5) is 0. The SMILES string of the molecule is CNCC#Cc1cccc(OC(F)(F)C(F)F)c1. The maximum absolute atomic E-state index is 12.7. The van der Waals surface area contributed by atoms with E-state index in [0.717, 1.165) is 0 Å². The number of halogens is 4. The van der Waals surface area contributed by atoms with Crippen LogP contribution in [0.25, 0.3) is 0 Å². The molecule has 6 heteroatoms. The van der Waals surface area contributed by atoms with Crippen LogP contribution in [0.5, 0.6) is 5.75 Å². The van der Waals surface area contributed by atoms with Gasteiger partial charge in [-0.3, -0.25) is 0 Å². The van der Waals surface area contributed by atoms with Gasteiger partial charge in [-0.05, 0) is 25.2 Å². The summed E-state index contributed by atoms with van der Waals surface area (Å²) in [5, 5.41) is 2.78. The second-order valence-corrected chi connectivity index (χ2v) is 3.32. The van der Waals surface area contributed by atoms with Crippen LogP contribution < -0.4 is 10.1 Å². The molecule has 0 radical (unpaired) electrons. The molecule has 1 N–H and O–H groups in total. The average molecular weight is 261 g/mol. The van der Waals surface area contributed by atoms with Gasteiger partial charge in [-0.1, -0.05) is 17.9 Å². The highest BCUT2D eigenvalue weighted by Gasteiger charge is 2.43. The molecule has 0 unspecified atom stereocenters. The maximum atomic E-state index is 12.7. The van der Waals surface area contributed by atoms with Gasteiger partial charge in [0.05, 0.1) is 6.54 Å². The zero-order valence-corrected chi connectivity index (χ0v) is 9.51. The average Bonchev–Trinajstić information content (AvgIpc) is 2.29. The molecule has 0 aromatic heterocycles. The van der Waals surface area contributed by atoms with E-state index in [1.807, 2.05) is 0 Å². The summed E-state index contributed by atoms with van der Waals surface area (Å²) in [6.07, 6.45) is -8.38. The van der Waals surface area contributed by atoms with E-state index in [0.29, 0.717) is 12.1 Å². The van der Waals surface area contributed by atoms with Crippen molar-refractivity contribution >= 4 is 0 Å². The molecule has 2 nitrogen and oxygen atoms in total. The molecule has 0 amide bonds. The van der Waals surface area contributed by atoms with Crippen LogP contribution in [0.4, 0.5) is 17.6 Å². The van der Waals surface area contributed by atoms with Crippen molar-refractivity contribution in [3.05, 3.63) is 29.8 Å². The Labute approximate surface area is 102 Å². The van der Waals surface area contributed by atoms with Gasteiger partial charge in [0.25, 0.3) is 0 Å². The van der Waals surface area contributed by atoms with Gasteiger partial charge in [-0.2, -0.15) is 17.6 Å². The minimum absolute atomic E-state index is 0.350. The highest BCUT2D eigenvalue weighted by molar-refractivity contribution is 5.40. The summed E-state index contributed by atoms with van der Waals surface area (Å²) in [7, 11) is 1.71. The zero-order valence-electron chi connectivity index (χ0n) is 9.51. The van der Waals surface area contributed by atoms with Crippen LogP contribution in [-0.4, -0.2) is 26.1 Å². The molecular weight excluding hydrogens is 250 g/mol. The van der Waals surface area contributed by atoms with E-state index in [9.17, 15) is 17.6 Å².